The van der Waals surface area contributed by atoms with Gasteiger partial charge in [-0.2, -0.15) is 13.2 Å². The first-order valence-electron chi connectivity index (χ1n) is 10.9. The van der Waals surface area contributed by atoms with Crippen molar-refractivity contribution in [1.82, 2.24) is 19.8 Å². The van der Waals surface area contributed by atoms with Crippen molar-refractivity contribution >= 4 is 17.3 Å². The van der Waals surface area contributed by atoms with Gasteiger partial charge in [-0.25, -0.2) is 0 Å². The molecule has 0 saturated carbocycles. The van der Waals surface area contributed by atoms with Crippen LogP contribution in [0.3, 0.4) is 0 Å². The fraction of sp³-hybridized carbons (Fsp3) is 0.360. The standard InChI is InChI=1S/C25H27F3N4S/c1-15(2)14-31-23(22(30-24(31)33)20-10-7-8-12-29-20)18-13-16(3)32(17(18)4)21-11-6-5-9-19(21)25(26,27)28/h5-13,15,22-23H,14H2,1-4H3,(H,30,33)/t22-,23-/m0/s1. The molecule has 8 heteroatoms. The van der Waals surface area contributed by atoms with Crippen LogP contribution in [0.1, 0.15) is 54.1 Å². The second kappa shape index (κ2) is 8.82. The lowest BCUT2D eigenvalue weighted by molar-refractivity contribution is -0.137. The first-order chi connectivity index (χ1) is 15.6. The summed E-state index contributed by atoms with van der Waals surface area (Å²) in [6.07, 6.45) is -2.71. The van der Waals surface area contributed by atoms with Crippen molar-refractivity contribution in [1.29, 1.82) is 0 Å². The summed E-state index contributed by atoms with van der Waals surface area (Å²) in [6, 6.07) is 13.0. The number of halogens is 3. The van der Waals surface area contributed by atoms with Crippen LogP contribution >= 0.6 is 12.2 Å². The topological polar surface area (TPSA) is 33.1 Å². The highest BCUT2D eigenvalue weighted by Gasteiger charge is 2.42. The summed E-state index contributed by atoms with van der Waals surface area (Å²) in [6.45, 7) is 8.68. The van der Waals surface area contributed by atoms with E-state index < -0.39 is 11.7 Å². The molecular formula is C25H27F3N4S. The zero-order chi connectivity index (χ0) is 23.9. The summed E-state index contributed by atoms with van der Waals surface area (Å²) >= 11 is 5.69. The Hall–Kier alpha value is -2.87. The molecule has 174 valence electrons. The average Bonchev–Trinajstić information content (AvgIpc) is 3.23. The van der Waals surface area contributed by atoms with Crippen LogP contribution in [0.5, 0.6) is 0 Å². The second-order valence-electron chi connectivity index (χ2n) is 8.85. The largest absolute Gasteiger partial charge is 0.418 e. The minimum atomic E-state index is -4.45. The molecular weight excluding hydrogens is 445 g/mol. The van der Waals surface area contributed by atoms with Gasteiger partial charge in [0.2, 0.25) is 0 Å². The fourth-order valence-corrected chi connectivity index (χ4v) is 5.02. The second-order valence-corrected chi connectivity index (χ2v) is 9.24. The van der Waals surface area contributed by atoms with Crippen LogP contribution in [0.25, 0.3) is 5.69 Å². The third kappa shape index (κ3) is 4.36. The Morgan fingerprint density at radius 2 is 1.79 bits per heavy atom. The first-order valence-corrected chi connectivity index (χ1v) is 11.3. The quantitative estimate of drug-likeness (QED) is 0.453. The van der Waals surface area contributed by atoms with Crippen LogP contribution in [0.2, 0.25) is 0 Å². The molecule has 0 amide bonds. The van der Waals surface area contributed by atoms with E-state index in [0.29, 0.717) is 11.0 Å². The van der Waals surface area contributed by atoms with Crippen LogP contribution in [-0.4, -0.2) is 26.1 Å². The van der Waals surface area contributed by atoms with E-state index in [4.69, 9.17) is 12.2 Å². The highest BCUT2D eigenvalue weighted by atomic mass is 32.1. The lowest BCUT2D eigenvalue weighted by atomic mass is 9.96. The Morgan fingerprint density at radius 3 is 2.42 bits per heavy atom. The number of rotatable bonds is 5. The van der Waals surface area contributed by atoms with Gasteiger partial charge in [0.05, 0.1) is 29.0 Å². The Balaban J connectivity index is 1.88. The maximum Gasteiger partial charge on any atom is 0.418 e. The zero-order valence-corrected chi connectivity index (χ0v) is 19.8. The molecule has 0 unspecified atom stereocenters. The fourth-order valence-electron chi connectivity index (χ4n) is 4.70. The number of nitrogens with zero attached hydrogens (tertiary/aromatic N) is 3. The smallest absolute Gasteiger partial charge is 0.352 e. The molecule has 1 fully saturated rings. The number of pyridine rings is 1. The number of hydrogen-bond donors (Lipinski definition) is 1. The Morgan fingerprint density at radius 1 is 1.09 bits per heavy atom. The first kappa shape index (κ1) is 23.3. The molecule has 3 heterocycles. The third-order valence-corrected chi connectivity index (χ3v) is 6.35. The van der Waals surface area contributed by atoms with Gasteiger partial charge in [0.1, 0.15) is 0 Å². The molecule has 0 spiro atoms. The van der Waals surface area contributed by atoms with Crippen LogP contribution < -0.4 is 5.32 Å². The molecule has 0 radical (unpaired) electrons. The van der Waals surface area contributed by atoms with Gasteiger partial charge >= 0.3 is 6.18 Å². The van der Waals surface area contributed by atoms with E-state index in [0.717, 1.165) is 35.3 Å². The number of benzene rings is 1. The number of aryl methyl sites for hydroxylation is 1. The summed E-state index contributed by atoms with van der Waals surface area (Å²) in [5.74, 6) is 0.351. The van der Waals surface area contributed by atoms with Crippen LogP contribution in [-0.2, 0) is 6.18 Å². The molecule has 1 aliphatic heterocycles. The van der Waals surface area contributed by atoms with E-state index in [1.54, 1.807) is 16.8 Å². The average molecular weight is 473 g/mol. The highest BCUT2D eigenvalue weighted by molar-refractivity contribution is 7.80. The van der Waals surface area contributed by atoms with E-state index >= 15 is 0 Å². The van der Waals surface area contributed by atoms with Gasteiger partial charge in [-0.05, 0) is 67.9 Å². The molecule has 2 atom stereocenters. The summed E-state index contributed by atoms with van der Waals surface area (Å²) < 4.78 is 43.1. The summed E-state index contributed by atoms with van der Waals surface area (Å²) in [7, 11) is 0. The van der Waals surface area contributed by atoms with Gasteiger partial charge in [-0.1, -0.05) is 32.0 Å². The van der Waals surface area contributed by atoms with E-state index in [1.807, 2.05) is 38.1 Å². The van der Waals surface area contributed by atoms with Gasteiger partial charge < -0.3 is 14.8 Å². The van der Waals surface area contributed by atoms with Gasteiger partial charge in [-0.3, -0.25) is 4.98 Å². The Bertz CT molecular complexity index is 1150. The van der Waals surface area contributed by atoms with Gasteiger partial charge in [0.15, 0.2) is 5.11 Å². The highest BCUT2D eigenvalue weighted by Crippen LogP contribution is 2.43. The van der Waals surface area contributed by atoms with E-state index in [-0.39, 0.29) is 17.8 Å². The number of aromatic nitrogens is 2. The number of alkyl halides is 3. The molecule has 1 N–H and O–H groups in total. The molecule has 3 aromatic rings. The number of hydrogen-bond acceptors (Lipinski definition) is 2. The minimum absolute atomic E-state index is 0.129. The lowest BCUT2D eigenvalue weighted by Gasteiger charge is -2.29. The number of para-hydroxylation sites is 1. The maximum atomic E-state index is 13.8. The van der Waals surface area contributed by atoms with Crippen molar-refractivity contribution in [2.45, 2.75) is 46.0 Å². The monoisotopic (exact) mass is 472 g/mol. The van der Waals surface area contributed by atoms with Crippen molar-refractivity contribution < 1.29 is 13.2 Å². The van der Waals surface area contributed by atoms with Gasteiger partial charge in [-0.15, -0.1) is 0 Å². The van der Waals surface area contributed by atoms with Crippen molar-refractivity contribution in [3.63, 3.8) is 0 Å². The minimum Gasteiger partial charge on any atom is -0.352 e. The number of nitrogens with one attached hydrogen (secondary N) is 1. The SMILES string of the molecule is Cc1cc([C@H]2[C@H](c3ccccn3)NC(=S)N2CC(C)C)c(C)n1-c1ccccc1C(F)(F)F. The van der Waals surface area contributed by atoms with Crippen molar-refractivity contribution in [2.24, 2.45) is 5.92 Å². The summed E-state index contributed by atoms with van der Waals surface area (Å²) in [5.41, 5.74) is 2.75. The summed E-state index contributed by atoms with van der Waals surface area (Å²) in [4.78, 5) is 6.68. The van der Waals surface area contributed by atoms with Crippen molar-refractivity contribution in [2.75, 3.05) is 6.54 Å². The van der Waals surface area contributed by atoms with E-state index in [9.17, 15) is 13.2 Å². The van der Waals surface area contributed by atoms with Crippen molar-refractivity contribution in [3.05, 3.63) is 82.9 Å². The lowest BCUT2D eigenvalue weighted by Crippen LogP contribution is -2.33. The van der Waals surface area contributed by atoms with Gasteiger partial charge in [0.25, 0.3) is 0 Å². The Kier molecular flexibility index (Phi) is 6.22. The molecule has 4 rings (SSSR count). The number of thiocarbonyl (C=S) groups is 1. The van der Waals surface area contributed by atoms with Crippen molar-refractivity contribution in [3.8, 4) is 5.69 Å². The molecule has 2 aromatic heterocycles. The predicted octanol–water partition coefficient (Wildman–Crippen LogP) is 6.14. The predicted molar refractivity (Wildman–Crippen MR) is 127 cm³/mol. The van der Waals surface area contributed by atoms with Gasteiger partial charge in [0, 0.05) is 24.1 Å². The molecule has 1 aliphatic rings. The third-order valence-electron chi connectivity index (χ3n) is 6.00. The molecule has 4 nitrogen and oxygen atoms in total. The normalized spacial score (nSPS) is 18.8. The molecule has 1 aromatic carbocycles. The van der Waals surface area contributed by atoms with Crippen LogP contribution in [0.15, 0.2) is 54.7 Å². The molecule has 0 aliphatic carbocycles. The maximum absolute atomic E-state index is 13.8. The van der Waals surface area contributed by atoms with Crippen LogP contribution in [0.4, 0.5) is 13.2 Å². The summed E-state index contributed by atoms with van der Waals surface area (Å²) in [5, 5.41) is 4.04. The molecule has 33 heavy (non-hydrogen) atoms. The van der Waals surface area contributed by atoms with E-state index in [1.165, 1.54) is 12.1 Å². The molecule has 0 bridgehead atoms. The zero-order valence-electron chi connectivity index (χ0n) is 19.0. The molecule has 1 saturated heterocycles. The van der Waals surface area contributed by atoms with Crippen LogP contribution in [0, 0.1) is 19.8 Å². The Labute approximate surface area is 197 Å². The van der Waals surface area contributed by atoms with E-state index in [2.05, 4.69) is 29.0 Å².